The molecule has 0 aliphatic carbocycles. The highest BCUT2D eigenvalue weighted by atomic mass is 32.1. The largest absolute Gasteiger partial charge is 0.476 e. The smallest absolute Gasteiger partial charge is 0.355 e. The number of rotatable bonds is 9. The van der Waals surface area contributed by atoms with Gasteiger partial charge in [0.2, 0.25) is 11.8 Å². The van der Waals surface area contributed by atoms with Crippen molar-refractivity contribution in [2.45, 2.75) is 52.0 Å². The average Bonchev–Trinajstić information content (AvgIpc) is 3.04. The molecule has 0 bridgehead atoms. The van der Waals surface area contributed by atoms with Crippen LogP contribution in [0.5, 0.6) is 0 Å². The third-order valence-corrected chi connectivity index (χ3v) is 5.40. The number of hydrogen-bond donors (Lipinski definition) is 3. The van der Waals surface area contributed by atoms with Gasteiger partial charge in [0.05, 0.1) is 6.42 Å². The van der Waals surface area contributed by atoms with Crippen molar-refractivity contribution >= 4 is 34.3 Å². The number of halogens is 2. The maximum Gasteiger partial charge on any atom is 0.355 e. The van der Waals surface area contributed by atoms with E-state index in [0.717, 1.165) is 23.5 Å². The highest BCUT2D eigenvalue weighted by Crippen LogP contribution is 2.30. The van der Waals surface area contributed by atoms with Gasteiger partial charge in [0.15, 0.2) is 10.8 Å². The lowest BCUT2D eigenvalue weighted by molar-refractivity contribution is -0.126. The molecule has 7 nitrogen and oxygen atoms in total. The summed E-state index contributed by atoms with van der Waals surface area (Å²) in [5, 5.41) is 14.5. The Morgan fingerprint density at radius 1 is 1.17 bits per heavy atom. The lowest BCUT2D eigenvalue weighted by atomic mass is 10.1. The molecule has 0 unspecified atom stereocenters. The van der Waals surface area contributed by atoms with Crippen molar-refractivity contribution in [3.8, 4) is 0 Å². The van der Waals surface area contributed by atoms with Gasteiger partial charge >= 0.3 is 5.97 Å². The lowest BCUT2D eigenvalue weighted by Gasteiger charge is -2.17. The molecule has 0 fully saturated rings. The summed E-state index contributed by atoms with van der Waals surface area (Å²) in [5.74, 6) is -3.97. The van der Waals surface area contributed by atoms with E-state index in [4.69, 9.17) is 0 Å². The zero-order chi connectivity index (χ0) is 22.4. The Morgan fingerprint density at radius 3 is 2.30 bits per heavy atom. The second kappa shape index (κ2) is 10.2. The summed E-state index contributed by atoms with van der Waals surface area (Å²) < 4.78 is 26.6. The molecular weight excluding hydrogens is 416 g/mol. The van der Waals surface area contributed by atoms with Crippen LogP contribution in [0, 0.1) is 11.6 Å². The molecule has 0 saturated carbocycles. The fourth-order valence-corrected chi connectivity index (χ4v) is 3.79. The van der Waals surface area contributed by atoms with E-state index in [1.54, 1.807) is 0 Å². The SMILES string of the molecule is CCC[C@H](NC(=O)Cc1cc(F)cc(F)c1)C(=O)Nc1nc(C(=O)O)c(C(C)C)s1. The first-order valence-electron chi connectivity index (χ1n) is 9.39. The number of benzene rings is 1. The van der Waals surface area contributed by atoms with Crippen LogP contribution in [0.4, 0.5) is 13.9 Å². The van der Waals surface area contributed by atoms with Crippen LogP contribution in [-0.4, -0.2) is 33.9 Å². The van der Waals surface area contributed by atoms with E-state index in [9.17, 15) is 28.3 Å². The number of carboxylic acids is 1. The highest BCUT2D eigenvalue weighted by Gasteiger charge is 2.24. The van der Waals surface area contributed by atoms with Gasteiger partial charge < -0.3 is 15.7 Å². The number of carbonyl (C=O) groups is 3. The van der Waals surface area contributed by atoms with Crippen molar-refractivity contribution in [1.82, 2.24) is 10.3 Å². The minimum Gasteiger partial charge on any atom is -0.476 e. The Labute approximate surface area is 176 Å². The van der Waals surface area contributed by atoms with Gasteiger partial charge in [-0.05, 0) is 30.0 Å². The molecule has 1 heterocycles. The van der Waals surface area contributed by atoms with Gasteiger partial charge in [0, 0.05) is 10.9 Å². The van der Waals surface area contributed by atoms with E-state index >= 15 is 0 Å². The van der Waals surface area contributed by atoms with Crippen molar-refractivity contribution in [2.75, 3.05) is 5.32 Å². The topological polar surface area (TPSA) is 108 Å². The zero-order valence-corrected chi connectivity index (χ0v) is 17.6. The highest BCUT2D eigenvalue weighted by molar-refractivity contribution is 7.16. The van der Waals surface area contributed by atoms with E-state index in [0.29, 0.717) is 23.8 Å². The average molecular weight is 439 g/mol. The molecule has 2 rings (SSSR count). The predicted molar refractivity (Wildman–Crippen MR) is 109 cm³/mol. The van der Waals surface area contributed by atoms with Gasteiger partial charge in [0.25, 0.3) is 0 Å². The third-order valence-electron chi connectivity index (χ3n) is 4.13. The first-order chi connectivity index (χ1) is 14.1. The number of carboxylic acid groups (broad SMARTS) is 1. The summed E-state index contributed by atoms with van der Waals surface area (Å²) in [6, 6.07) is 1.90. The molecule has 30 heavy (non-hydrogen) atoms. The Bertz CT molecular complexity index is 926. The first kappa shape index (κ1) is 23.4. The maximum atomic E-state index is 13.3. The molecule has 162 valence electrons. The number of thiazole rings is 1. The molecular formula is C20H23F2N3O4S. The van der Waals surface area contributed by atoms with E-state index in [1.807, 2.05) is 20.8 Å². The second-order valence-electron chi connectivity index (χ2n) is 7.04. The molecule has 2 aromatic rings. The van der Waals surface area contributed by atoms with Gasteiger partial charge in [-0.1, -0.05) is 27.2 Å². The fraction of sp³-hybridized carbons (Fsp3) is 0.400. The minimum absolute atomic E-state index is 0.0861. The van der Waals surface area contributed by atoms with Crippen molar-refractivity contribution in [3.63, 3.8) is 0 Å². The maximum absolute atomic E-state index is 13.3. The van der Waals surface area contributed by atoms with E-state index < -0.39 is 35.5 Å². The summed E-state index contributed by atoms with van der Waals surface area (Å²) in [5.41, 5.74) is 0.0303. The third kappa shape index (κ3) is 6.31. The molecule has 3 N–H and O–H groups in total. The number of carbonyl (C=O) groups excluding carboxylic acids is 2. The summed E-state index contributed by atoms with van der Waals surface area (Å²) in [4.78, 5) is 40.8. The summed E-state index contributed by atoms with van der Waals surface area (Å²) >= 11 is 1.06. The molecule has 1 atom stereocenters. The van der Waals surface area contributed by atoms with Crippen LogP contribution in [0.25, 0.3) is 0 Å². The van der Waals surface area contributed by atoms with Gasteiger partial charge in [-0.3, -0.25) is 9.59 Å². The number of nitrogens with zero attached hydrogens (tertiary/aromatic N) is 1. The van der Waals surface area contributed by atoms with Crippen LogP contribution < -0.4 is 10.6 Å². The lowest BCUT2D eigenvalue weighted by Crippen LogP contribution is -2.44. The number of anilines is 1. The second-order valence-corrected chi connectivity index (χ2v) is 8.07. The number of aromatic carboxylic acids is 1. The van der Waals surface area contributed by atoms with Crippen molar-refractivity contribution in [2.24, 2.45) is 0 Å². The van der Waals surface area contributed by atoms with Crippen LogP contribution in [0.1, 0.15) is 60.5 Å². The molecule has 0 spiro atoms. The van der Waals surface area contributed by atoms with Crippen LogP contribution in [0.2, 0.25) is 0 Å². The molecule has 10 heteroatoms. The summed E-state index contributed by atoms with van der Waals surface area (Å²) in [7, 11) is 0. The molecule has 2 amide bonds. The number of nitrogens with one attached hydrogen (secondary N) is 2. The standard InChI is InChI=1S/C20H23F2N3O4S/c1-4-5-14(23-15(26)8-11-6-12(21)9-13(22)7-11)18(27)25-20-24-16(19(28)29)17(30-20)10(2)3/h6-7,9-10,14H,4-5,8H2,1-3H3,(H,23,26)(H,28,29)(H,24,25,27)/t14-/m0/s1. The van der Waals surface area contributed by atoms with E-state index in [2.05, 4.69) is 15.6 Å². The van der Waals surface area contributed by atoms with Crippen LogP contribution in [0.15, 0.2) is 18.2 Å². The molecule has 0 saturated heterocycles. The normalized spacial score (nSPS) is 11.9. The van der Waals surface area contributed by atoms with Gasteiger partial charge in [-0.15, -0.1) is 11.3 Å². The van der Waals surface area contributed by atoms with Crippen molar-refractivity contribution in [1.29, 1.82) is 0 Å². The predicted octanol–water partition coefficient (Wildman–Crippen LogP) is 3.71. The number of aromatic nitrogens is 1. The van der Waals surface area contributed by atoms with Crippen LogP contribution >= 0.6 is 11.3 Å². The van der Waals surface area contributed by atoms with Crippen molar-refractivity contribution in [3.05, 3.63) is 46.0 Å². The van der Waals surface area contributed by atoms with Crippen LogP contribution in [-0.2, 0) is 16.0 Å². The minimum atomic E-state index is -1.18. The van der Waals surface area contributed by atoms with Gasteiger partial charge in [-0.25, -0.2) is 18.6 Å². The molecule has 1 aromatic heterocycles. The Kier molecular flexibility index (Phi) is 7.99. The molecule has 0 radical (unpaired) electrons. The number of amides is 2. The van der Waals surface area contributed by atoms with Gasteiger partial charge in [0.1, 0.15) is 17.7 Å². The number of hydrogen-bond acceptors (Lipinski definition) is 5. The summed E-state index contributed by atoms with van der Waals surface area (Å²) in [6.07, 6.45) is 0.617. The van der Waals surface area contributed by atoms with Gasteiger partial charge in [-0.2, -0.15) is 0 Å². The molecule has 0 aliphatic rings. The first-order valence-corrected chi connectivity index (χ1v) is 10.2. The van der Waals surface area contributed by atoms with E-state index in [1.165, 1.54) is 0 Å². The molecule has 1 aromatic carbocycles. The quantitative estimate of drug-likeness (QED) is 0.552. The zero-order valence-electron chi connectivity index (χ0n) is 16.8. The Morgan fingerprint density at radius 2 is 1.80 bits per heavy atom. The van der Waals surface area contributed by atoms with E-state index in [-0.39, 0.29) is 28.7 Å². The fourth-order valence-electron chi connectivity index (χ4n) is 2.82. The Hall–Kier alpha value is -2.88. The summed E-state index contributed by atoms with van der Waals surface area (Å²) in [6.45, 7) is 5.47. The van der Waals surface area contributed by atoms with Crippen LogP contribution in [0.3, 0.4) is 0 Å². The monoisotopic (exact) mass is 439 g/mol. The van der Waals surface area contributed by atoms with Crippen molar-refractivity contribution < 1.29 is 28.3 Å². The molecule has 0 aliphatic heterocycles. The Balaban J connectivity index is 2.09.